The summed E-state index contributed by atoms with van der Waals surface area (Å²) in [4.78, 5) is 102. The van der Waals surface area contributed by atoms with Gasteiger partial charge in [0.15, 0.2) is 11.6 Å². The number of unbranched alkanes of at least 4 members (excludes halogenated alkanes) is 5. The Hall–Kier alpha value is -9.04. The standard InChI is InChI=1S/C60H92N4O5.C51H76N2O3/c1-12-38-61-55(66)30-20-31-56(67)62-39-15-13-16-41-64-58(69)51(44-52(65)42-47(4)25-18-23-45(2)32-34-53-49(6)27-21-36-59(53,8)9)29-14-17-40-63-57(68)43-48(5)26-19-24-46(3)33-35-54-50(7)28-22-37-60(54,10)11;1-12-13-33-53-49(56)44(37-45(54)35-40(4)22-16-20-38(2)27-29-46-42(6)24-18-31-50(46,8)9)26-14-15-34-52-48(55)36-41(5)23-17-21-39(3)28-30-47-43(7)25-19-32-51(47,10)11/h18-19,23-26,32-35,42-43,51H,12-17,20-22,27-31,36-41,44H2,1-11H3,(H,61,66)(H,62,67)(H,63,68)(H,64,69);16-17,20-23,27-30,35-36,44H,12-15,18-19,24-26,31-34,37H2,1-11H3,(H,52,55)(H,53,56)/b25-18+,26-19+,34-32+,35-33+,45-23+,46-24+,47-42+,48-43+;22-16+,23-17+,29-27+,30-28+,38-20+,39-21+,40-35+,41-36+. The first-order valence-electron chi connectivity index (χ1n) is 47.5. The lowest BCUT2D eigenvalue weighted by molar-refractivity contribution is -0.128. The normalized spacial score (nSPS) is 18.3. The lowest BCUT2D eigenvalue weighted by Crippen LogP contribution is -2.33. The molecule has 0 radical (unpaired) electrons. The van der Waals surface area contributed by atoms with Crippen molar-refractivity contribution in [2.75, 3.05) is 39.3 Å². The Morgan fingerprint density at radius 1 is 0.312 bits per heavy atom. The number of carbonyl (C=O) groups excluding carboxylic acids is 8. The first-order valence-corrected chi connectivity index (χ1v) is 47.5. The Bertz CT molecular complexity index is 4220. The second-order valence-corrected chi connectivity index (χ2v) is 38.5. The van der Waals surface area contributed by atoms with Crippen LogP contribution in [0.25, 0.3) is 0 Å². The van der Waals surface area contributed by atoms with Gasteiger partial charge in [-0.05, 0) is 303 Å². The summed E-state index contributed by atoms with van der Waals surface area (Å²) in [7, 11) is 0. The molecule has 0 bridgehead atoms. The molecule has 0 saturated carbocycles. The molecule has 6 amide bonds. The summed E-state index contributed by atoms with van der Waals surface area (Å²) in [6, 6.07) is 0. The van der Waals surface area contributed by atoms with Crippen LogP contribution in [0.3, 0.4) is 0 Å². The van der Waals surface area contributed by atoms with Gasteiger partial charge in [0.05, 0.1) is 0 Å². The van der Waals surface area contributed by atoms with Crippen molar-refractivity contribution in [1.29, 1.82) is 0 Å². The predicted octanol–water partition coefficient (Wildman–Crippen LogP) is 25.8. The van der Waals surface area contributed by atoms with E-state index in [1.807, 2.05) is 89.3 Å². The number of hydrogen-bond acceptors (Lipinski definition) is 8. The zero-order chi connectivity index (χ0) is 93.0. The van der Waals surface area contributed by atoms with E-state index in [0.717, 1.165) is 102 Å². The molecule has 0 spiro atoms. The van der Waals surface area contributed by atoms with Gasteiger partial charge < -0.3 is 31.9 Å². The van der Waals surface area contributed by atoms with Crippen molar-refractivity contribution in [2.45, 2.75) is 339 Å². The Morgan fingerprint density at radius 3 is 0.896 bits per heavy atom. The van der Waals surface area contributed by atoms with E-state index in [2.05, 4.69) is 216 Å². The average Bonchev–Trinajstić information content (AvgIpc) is 0.836. The minimum atomic E-state index is -0.493. The fourth-order valence-corrected chi connectivity index (χ4v) is 16.8. The highest BCUT2D eigenvalue weighted by atomic mass is 16.2. The summed E-state index contributed by atoms with van der Waals surface area (Å²) in [5.41, 5.74) is 20.5. The molecule has 0 aromatic carbocycles. The van der Waals surface area contributed by atoms with Crippen LogP contribution in [0.1, 0.15) is 339 Å². The van der Waals surface area contributed by atoms with Crippen molar-refractivity contribution in [1.82, 2.24) is 31.9 Å². The molecule has 14 nitrogen and oxygen atoms in total. The summed E-state index contributed by atoms with van der Waals surface area (Å²) < 4.78 is 0. The molecule has 2 atom stereocenters. The molecule has 4 aliphatic rings. The zero-order valence-corrected chi connectivity index (χ0v) is 82.0. The molecule has 0 saturated heterocycles. The molecular weight excluding hydrogens is 1550 g/mol. The maximum Gasteiger partial charge on any atom is 0.244 e. The molecule has 4 aliphatic carbocycles. The van der Waals surface area contributed by atoms with Crippen LogP contribution in [0.5, 0.6) is 0 Å². The Balaban J connectivity index is 0.000000659. The van der Waals surface area contributed by atoms with Gasteiger partial charge in [-0.3, -0.25) is 38.4 Å². The van der Waals surface area contributed by atoms with Crippen molar-refractivity contribution in [3.63, 3.8) is 0 Å². The first kappa shape index (κ1) is 110. The molecule has 6 N–H and O–H groups in total. The minimum Gasteiger partial charge on any atom is -0.356 e. The highest BCUT2D eigenvalue weighted by Crippen LogP contribution is 2.44. The molecule has 690 valence electrons. The number of allylic oxidation sites excluding steroid dienone is 38. The summed E-state index contributed by atoms with van der Waals surface area (Å²) in [6.07, 6.45) is 73.2. The number of nitrogens with one attached hydrogen (secondary N) is 6. The van der Waals surface area contributed by atoms with Crippen LogP contribution in [0, 0.1) is 33.5 Å². The lowest BCUT2D eigenvalue weighted by atomic mass is 9.72. The van der Waals surface area contributed by atoms with Crippen LogP contribution in [0.15, 0.2) is 235 Å². The first-order chi connectivity index (χ1) is 59.2. The minimum absolute atomic E-state index is 0.0210. The number of amides is 6. The van der Waals surface area contributed by atoms with Crippen LogP contribution in [0.2, 0.25) is 0 Å². The second kappa shape index (κ2) is 59.8. The van der Waals surface area contributed by atoms with E-state index < -0.39 is 11.8 Å². The molecule has 0 heterocycles. The fourth-order valence-electron chi connectivity index (χ4n) is 16.8. The Kier molecular flexibility index (Phi) is 52.7. The van der Waals surface area contributed by atoms with Crippen molar-refractivity contribution in [3.8, 4) is 0 Å². The summed E-state index contributed by atoms with van der Waals surface area (Å²) in [5, 5.41) is 17.8. The topological polar surface area (TPSA) is 209 Å². The highest BCUT2D eigenvalue weighted by Gasteiger charge is 2.31. The molecule has 0 aromatic rings. The van der Waals surface area contributed by atoms with Gasteiger partial charge in [-0.1, -0.05) is 255 Å². The highest BCUT2D eigenvalue weighted by molar-refractivity contribution is 5.95. The third kappa shape index (κ3) is 47.4. The largest absolute Gasteiger partial charge is 0.356 e. The van der Waals surface area contributed by atoms with E-state index in [0.29, 0.717) is 84.2 Å². The van der Waals surface area contributed by atoms with E-state index in [1.54, 1.807) is 24.3 Å². The molecule has 0 aromatic heterocycles. The zero-order valence-electron chi connectivity index (χ0n) is 82.0. The third-order valence-electron chi connectivity index (χ3n) is 24.5. The van der Waals surface area contributed by atoms with Crippen LogP contribution >= 0.6 is 0 Å². The van der Waals surface area contributed by atoms with Gasteiger partial charge >= 0.3 is 0 Å². The van der Waals surface area contributed by atoms with Gasteiger partial charge in [0.2, 0.25) is 35.4 Å². The quantitative estimate of drug-likeness (QED) is 0.0196. The summed E-state index contributed by atoms with van der Waals surface area (Å²) in [5.74, 6) is -1.61. The number of rotatable bonds is 51. The van der Waals surface area contributed by atoms with Gasteiger partial charge in [-0.15, -0.1) is 0 Å². The van der Waals surface area contributed by atoms with E-state index >= 15 is 0 Å². The molecular formula is C111H168N6O8. The summed E-state index contributed by atoms with van der Waals surface area (Å²) in [6.45, 7) is 51.0. The van der Waals surface area contributed by atoms with Gasteiger partial charge in [0.1, 0.15) is 0 Å². The van der Waals surface area contributed by atoms with Crippen LogP contribution in [-0.2, 0) is 38.4 Å². The number of ketones is 2. The van der Waals surface area contributed by atoms with Crippen molar-refractivity contribution < 1.29 is 38.4 Å². The molecule has 4 rings (SSSR count). The maximum absolute atomic E-state index is 13.5. The monoisotopic (exact) mass is 1710 g/mol. The van der Waals surface area contributed by atoms with Crippen molar-refractivity contribution in [2.24, 2.45) is 33.5 Å². The van der Waals surface area contributed by atoms with Gasteiger partial charge in [0.25, 0.3) is 0 Å². The SMILES string of the molecule is CCCCNC(=O)C(CCCCNC(=O)/C=C(C)/C=C/C=C(C)/C=C/C1=C(C)CCCC1(C)C)CC(=O)/C=C(C)/C=C/C=C(C)/C=C/C1=C(C)CCCC1(C)C.CCCNC(=O)CCCC(=O)NCCCCCNC(=O)C(CCCCNC(=O)/C=C(C)/C=C/C=C(C)/C=C/C1=C(C)CCCC1(C)C)CC(=O)/C=C(C)/C=C/C=C(C)/C=C/C1=C(C)CCCC1(C)C. The number of carbonyl (C=O) groups is 8. The molecule has 0 fully saturated rings. The van der Waals surface area contributed by atoms with Crippen molar-refractivity contribution in [3.05, 3.63) is 235 Å². The smallest absolute Gasteiger partial charge is 0.244 e. The molecule has 125 heavy (non-hydrogen) atoms. The van der Waals surface area contributed by atoms with Crippen LogP contribution < -0.4 is 31.9 Å². The van der Waals surface area contributed by atoms with E-state index in [-0.39, 0.29) is 81.5 Å². The van der Waals surface area contributed by atoms with E-state index in [1.165, 1.54) is 115 Å². The second-order valence-electron chi connectivity index (χ2n) is 38.5. The van der Waals surface area contributed by atoms with E-state index in [4.69, 9.17) is 0 Å². The lowest BCUT2D eigenvalue weighted by Gasteiger charge is -2.33. The Morgan fingerprint density at radius 2 is 0.592 bits per heavy atom. The van der Waals surface area contributed by atoms with Gasteiger partial charge in [-0.2, -0.15) is 0 Å². The van der Waals surface area contributed by atoms with Gasteiger partial charge in [-0.25, -0.2) is 0 Å². The molecule has 2 unspecified atom stereocenters. The fraction of sp³-hybridized carbons (Fsp3) is 0.568. The number of hydrogen-bond donors (Lipinski definition) is 6. The van der Waals surface area contributed by atoms with Crippen LogP contribution in [-0.4, -0.2) is 86.3 Å². The molecule has 0 aliphatic heterocycles. The van der Waals surface area contributed by atoms with Crippen molar-refractivity contribution >= 4 is 47.0 Å². The predicted molar refractivity (Wildman–Crippen MR) is 529 cm³/mol. The summed E-state index contributed by atoms with van der Waals surface area (Å²) >= 11 is 0. The Labute approximate surface area is 759 Å². The third-order valence-corrected chi connectivity index (χ3v) is 24.5. The van der Waals surface area contributed by atoms with E-state index in [9.17, 15) is 38.4 Å². The van der Waals surface area contributed by atoms with Crippen LogP contribution in [0.4, 0.5) is 0 Å². The maximum atomic E-state index is 13.5. The average molecular weight is 1710 g/mol. The van der Waals surface area contributed by atoms with Gasteiger partial charge in [0, 0.05) is 88.9 Å². The molecule has 14 heteroatoms.